The Labute approximate surface area is 165 Å². The van der Waals surface area contributed by atoms with E-state index in [0.29, 0.717) is 23.8 Å². The fourth-order valence-corrected chi connectivity index (χ4v) is 3.81. The molecule has 0 aliphatic carbocycles. The van der Waals surface area contributed by atoms with Crippen molar-refractivity contribution >= 4 is 34.1 Å². The molecule has 1 aromatic carbocycles. The summed E-state index contributed by atoms with van der Waals surface area (Å²) < 4.78 is 1.61. The van der Waals surface area contributed by atoms with Crippen LogP contribution in [0.2, 0.25) is 0 Å². The molecule has 0 aliphatic heterocycles. The van der Waals surface area contributed by atoms with E-state index in [9.17, 15) is 4.79 Å². The smallest absolute Gasteiger partial charge is 0.254 e. The molecular formula is C19H19N7OS. The largest absolute Gasteiger partial charge is 0.366 e. The zero-order valence-corrected chi connectivity index (χ0v) is 16.3. The van der Waals surface area contributed by atoms with Crippen molar-refractivity contribution in [2.45, 2.75) is 26.7 Å². The number of rotatable bonds is 5. The third-order valence-corrected chi connectivity index (χ3v) is 5.25. The Bertz CT molecular complexity index is 1150. The van der Waals surface area contributed by atoms with Crippen LogP contribution < -0.4 is 11.1 Å². The third kappa shape index (κ3) is 3.56. The lowest BCUT2D eigenvalue weighted by molar-refractivity contribution is -0.116. The van der Waals surface area contributed by atoms with Gasteiger partial charge in [0.15, 0.2) is 5.13 Å². The summed E-state index contributed by atoms with van der Waals surface area (Å²) >= 11 is 1.41. The van der Waals surface area contributed by atoms with Crippen LogP contribution in [-0.4, -0.2) is 30.5 Å². The maximum absolute atomic E-state index is 12.4. The molecule has 0 unspecified atom stereocenters. The first kappa shape index (κ1) is 18.1. The summed E-state index contributed by atoms with van der Waals surface area (Å²) in [5.74, 6) is 0.561. The van der Waals surface area contributed by atoms with Crippen molar-refractivity contribution in [2.75, 3.05) is 11.1 Å². The van der Waals surface area contributed by atoms with Crippen LogP contribution in [0, 0.1) is 13.8 Å². The van der Waals surface area contributed by atoms with Gasteiger partial charge < -0.3 is 11.1 Å². The monoisotopic (exact) mass is 393 g/mol. The van der Waals surface area contributed by atoms with Gasteiger partial charge in [-0.25, -0.2) is 9.97 Å². The Morgan fingerprint density at radius 2 is 1.96 bits per heavy atom. The number of hydrogen-bond acceptors (Lipinski definition) is 7. The van der Waals surface area contributed by atoms with Gasteiger partial charge in [0, 0.05) is 28.8 Å². The number of aromatic nitrogens is 5. The topological polar surface area (TPSA) is 111 Å². The molecule has 4 aromatic rings. The molecule has 0 atom stereocenters. The SMILES string of the molecule is Cc1nc2nc(N)nn2c(C)c1CCC(=O)Nc1nc(-c2ccccc2)cs1. The number of anilines is 2. The number of nitrogens with zero attached hydrogens (tertiary/aromatic N) is 5. The Kier molecular flexibility index (Phi) is 4.74. The second-order valence-electron chi connectivity index (χ2n) is 6.40. The molecule has 0 bridgehead atoms. The van der Waals surface area contributed by atoms with Gasteiger partial charge in [-0.3, -0.25) is 4.79 Å². The number of nitrogens with one attached hydrogen (secondary N) is 1. The van der Waals surface area contributed by atoms with Crippen molar-refractivity contribution in [3.63, 3.8) is 0 Å². The third-order valence-electron chi connectivity index (χ3n) is 4.49. The number of nitrogens with two attached hydrogens (primary N) is 1. The number of thiazole rings is 1. The quantitative estimate of drug-likeness (QED) is 0.539. The van der Waals surface area contributed by atoms with E-state index in [0.717, 1.165) is 28.2 Å². The van der Waals surface area contributed by atoms with Gasteiger partial charge in [-0.05, 0) is 25.8 Å². The summed E-state index contributed by atoms with van der Waals surface area (Å²) in [6.07, 6.45) is 0.864. The van der Waals surface area contributed by atoms with Crippen molar-refractivity contribution in [1.82, 2.24) is 24.6 Å². The maximum Gasteiger partial charge on any atom is 0.254 e. The number of benzene rings is 1. The van der Waals surface area contributed by atoms with Crippen LogP contribution in [0.5, 0.6) is 0 Å². The Morgan fingerprint density at radius 1 is 1.18 bits per heavy atom. The van der Waals surface area contributed by atoms with E-state index in [1.54, 1.807) is 4.52 Å². The van der Waals surface area contributed by atoms with Gasteiger partial charge in [0.1, 0.15) is 0 Å². The van der Waals surface area contributed by atoms with Gasteiger partial charge in [-0.2, -0.15) is 9.50 Å². The molecular weight excluding hydrogens is 374 g/mol. The van der Waals surface area contributed by atoms with Gasteiger partial charge in [-0.15, -0.1) is 16.4 Å². The summed E-state index contributed by atoms with van der Waals surface area (Å²) in [6, 6.07) is 9.87. The lowest BCUT2D eigenvalue weighted by Crippen LogP contribution is -2.14. The first-order valence-electron chi connectivity index (χ1n) is 8.80. The standard InChI is InChI=1S/C19H19N7OS/c1-11-14(12(2)26-18(21-11)24-17(20)25-26)8-9-16(27)23-19-22-15(10-28-19)13-6-4-3-5-7-13/h3-7,10H,8-9H2,1-2H3,(H2,20,25)(H,22,23,27). The lowest BCUT2D eigenvalue weighted by Gasteiger charge is -2.10. The van der Waals surface area contributed by atoms with Crippen molar-refractivity contribution < 1.29 is 4.79 Å². The molecule has 3 N–H and O–H groups in total. The van der Waals surface area contributed by atoms with E-state index < -0.39 is 0 Å². The molecule has 0 radical (unpaired) electrons. The van der Waals surface area contributed by atoms with Gasteiger partial charge >= 0.3 is 0 Å². The number of aryl methyl sites for hydroxylation is 2. The minimum Gasteiger partial charge on any atom is -0.366 e. The van der Waals surface area contributed by atoms with E-state index in [4.69, 9.17) is 5.73 Å². The average Bonchev–Trinajstić information content (AvgIpc) is 3.28. The summed E-state index contributed by atoms with van der Waals surface area (Å²) in [5, 5.41) is 9.56. The van der Waals surface area contributed by atoms with Crippen molar-refractivity contribution in [3.05, 3.63) is 52.7 Å². The van der Waals surface area contributed by atoms with Crippen molar-refractivity contribution in [2.24, 2.45) is 0 Å². The Balaban J connectivity index is 1.44. The molecule has 28 heavy (non-hydrogen) atoms. The zero-order chi connectivity index (χ0) is 19.7. The Hall–Kier alpha value is -3.33. The predicted octanol–water partition coefficient (Wildman–Crippen LogP) is 3.02. The highest BCUT2D eigenvalue weighted by Gasteiger charge is 2.14. The van der Waals surface area contributed by atoms with Crippen LogP contribution in [0.15, 0.2) is 35.7 Å². The second kappa shape index (κ2) is 7.35. The van der Waals surface area contributed by atoms with Crippen molar-refractivity contribution in [1.29, 1.82) is 0 Å². The van der Waals surface area contributed by atoms with Gasteiger partial charge in [0.25, 0.3) is 5.78 Å². The molecule has 8 nitrogen and oxygen atoms in total. The summed E-state index contributed by atoms with van der Waals surface area (Å²) in [7, 11) is 0. The van der Waals surface area contributed by atoms with Gasteiger partial charge in [-0.1, -0.05) is 30.3 Å². The van der Waals surface area contributed by atoms with Gasteiger partial charge in [0.05, 0.1) is 5.69 Å². The molecule has 0 saturated carbocycles. The Morgan fingerprint density at radius 3 is 2.75 bits per heavy atom. The first-order valence-corrected chi connectivity index (χ1v) is 9.68. The number of hydrogen-bond donors (Lipinski definition) is 2. The average molecular weight is 393 g/mol. The van der Waals surface area contributed by atoms with Crippen LogP contribution in [0.3, 0.4) is 0 Å². The zero-order valence-electron chi connectivity index (χ0n) is 15.5. The minimum atomic E-state index is -0.0917. The minimum absolute atomic E-state index is 0.0917. The summed E-state index contributed by atoms with van der Waals surface area (Å²) in [5.41, 5.74) is 10.2. The molecule has 0 fully saturated rings. The molecule has 9 heteroatoms. The molecule has 0 spiro atoms. The molecule has 0 saturated heterocycles. The van der Waals surface area contributed by atoms with Crippen LogP contribution in [-0.2, 0) is 11.2 Å². The van der Waals surface area contributed by atoms with Crippen LogP contribution in [0.4, 0.5) is 11.1 Å². The van der Waals surface area contributed by atoms with E-state index in [1.165, 1.54) is 11.3 Å². The predicted molar refractivity (Wildman–Crippen MR) is 109 cm³/mol. The van der Waals surface area contributed by atoms with Gasteiger partial charge in [0.2, 0.25) is 11.9 Å². The molecule has 3 aromatic heterocycles. The van der Waals surface area contributed by atoms with E-state index in [1.807, 2.05) is 49.6 Å². The van der Waals surface area contributed by atoms with Crippen molar-refractivity contribution in [3.8, 4) is 11.3 Å². The normalized spacial score (nSPS) is 11.1. The molecule has 4 rings (SSSR count). The number of nitrogen functional groups attached to an aromatic ring is 1. The van der Waals surface area contributed by atoms with E-state index in [2.05, 4.69) is 25.4 Å². The van der Waals surface area contributed by atoms with Crippen LogP contribution in [0.1, 0.15) is 23.4 Å². The number of amides is 1. The lowest BCUT2D eigenvalue weighted by atomic mass is 10.1. The highest BCUT2D eigenvalue weighted by molar-refractivity contribution is 7.14. The van der Waals surface area contributed by atoms with Crippen LogP contribution in [0.25, 0.3) is 17.0 Å². The number of carbonyl (C=O) groups is 1. The molecule has 142 valence electrons. The summed E-state index contributed by atoms with van der Waals surface area (Å²) in [6.45, 7) is 3.83. The fraction of sp³-hybridized carbons (Fsp3) is 0.211. The first-order chi connectivity index (χ1) is 13.5. The molecule has 0 aliphatic rings. The van der Waals surface area contributed by atoms with E-state index >= 15 is 0 Å². The molecule has 1 amide bonds. The number of fused-ring (bicyclic) bond motifs is 1. The highest BCUT2D eigenvalue weighted by Crippen LogP contribution is 2.25. The van der Waals surface area contributed by atoms with E-state index in [-0.39, 0.29) is 11.9 Å². The maximum atomic E-state index is 12.4. The number of carbonyl (C=O) groups excluding carboxylic acids is 1. The summed E-state index contributed by atoms with van der Waals surface area (Å²) in [4.78, 5) is 25.4. The second-order valence-corrected chi connectivity index (χ2v) is 7.25. The molecule has 3 heterocycles. The highest BCUT2D eigenvalue weighted by atomic mass is 32.1. The van der Waals surface area contributed by atoms with Crippen LogP contribution >= 0.6 is 11.3 Å². The fourth-order valence-electron chi connectivity index (χ4n) is 3.08.